The molecule has 100 valence electrons. The van der Waals surface area contributed by atoms with E-state index in [2.05, 4.69) is 45.2 Å². The van der Waals surface area contributed by atoms with Crippen LogP contribution in [0.3, 0.4) is 0 Å². The van der Waals surface area contributed by atoms with Crippen molar-refractivity contribution in [3.63, 3.8) is 0 Å². The molecule has 0 radical (unpaired) electrons. The maximum Gasteiger partial charge on any atom is 0.154 e. The molecule has 0 aliphatic carbocycles. The van der Waals surface area contributed by atoms with Crippen LogP contribution < -0.4 is 4.74 Å². The van der Waals surface area contributed by atoms with Gasteiger partial charge in [-0.2, -0.15) is 0 Å². The third-order valence-corrected chi connectivity index (χ3v) is 4.12. The predicted octanol–water partition coefficient (Wildman–Crippen LogP) is 3.93. The first-order valence-electron chi connectivity index (χ1n) is 5.66. The van der Waals surface area contributed by atoms with Crippen molar-refractivity contribution in [2.45, 2.75) is 6.42 Å². The van der Waals surface area contributed by atoms with Gasteiger partial charge < -0.3 is 14.9 Å². The van der Waals surface area contributed by atoms with E-state index in [0.717, 1.165) is 18.5 Å². The number of hydrogen-bond acceptors (Lipinski definition) is 3. The third kappa shape index (κ3) is 3.96. The lowest BCUT2D eigenvalue weighted by atomic mass is 10.1. The van der Waals surface area contributed by atoms with Crippen LogP contribution in [0.5, 0.6) is 17.2 Å². The lowest BCUT2D eigenvalue weighted by Gasteiger charge is -2.12. The molecule has 0 saturated heterocycles. The van der Waals surface area contributed by atoms with E-state index in [1.807, 2.05) is 12.1 Å². The zero-order chi connectivity index (χ0) is 13.8. The molecule has 0 atom stereocenters. The summed E-state index contributed by atoms with van der Waals surface area (Å²) in [7, 11) is 0. The maximum atomic E-state index is 9.25. The van der Waals surface area contributed by atoms with Crippen molar-refractivity contribution in [3.8, 4) is 17.2 Å². The molecule has 0 heterocycles. The van der Waals surface area contributed by atoms with Gasteiger partial charge in [-0.1, -0.05) is 0 Å². The number of phenolic OH excluding ortho intramolecular Hbond substituents is 1. The molecule has 0 amide bonds. The van der Waals surface area contributed by atoms with Gasteiger partial charge in [-0.15, -0.1) is 0 Å². The number of hydrogen-bond donors (Lipinski definition) is 2. The van der Waals surface area contributed by atoms with E-state index in [1.165, 1.54) is 0 Å². The first-order valence-corrected chi connectivity index (χ1v) is 7.81. The maximum absolute atomic E-state index is 9.25. The SMILES string of the molecule is OCCc1cc(I)c(Oc2ccc(O)cc2)c(I)c1. The number of ether oxygens (including phenoxy) is 1. The second-order valence-corrected chi connectivity index (χ2v) is 6.28. The minimum atomic E-state index is 0.143. The zero-order valence-electron chi connectivity index (χ0n) is 9.94. The van der Waals surface area contributed by atoms with E-state index < -0.39 is 0 Å². The predicted molar refractivity (Wildman–Crippen MR) is 90.8 cm³/mol. The Labute approximate surface area is 138 Å². The van der Waals surface area contributed by atoms with Gasteiger partial charge in [-0.05, 0) is 93.6 Å². The van der Waals surface area contributed by atoms with Gasteiger partial charge in [0.05, 0.1) is 7.14 Å². The highest BCUT2D eigenvalue weighted by Crippen LogP contribution is 2.33. The van der Waals surface area contributed by atoms with E-state index in [4.69, 9.17) is 9.84 Å². The molecule has 2 aromatic rings. The van der Waals surface area contributed by atoms with E-state index in [9.17, 15) is 5.11 Å². The average molecular weight is 482 g/mol. The van der Waals surface area contributed by atoms with Crippen molar-refractivity contribution >= 4 is 45.2 Å². The Hall–Kier alpha value is -0.540. The molecule has 2 aromatic carbocycles. The first kappa shape index (κ1) is 14.9. The Balaban J connectivity index is 2.27. The Morgan fingerprint density at radius 2 is 1.58 bits per heavy atom. The second-order valence-electron chi connectivity index (χ2n) is 3.96. The van der Waals surface area contributed by atoms with Gasteiger partial charge in [0, 0.05) is 6.61 Å². The molecule has 2 N–H and O–H groups in total. The standard InChI is InChI=1S/C14H12I2O3/c15-12-7-9(5-6-17)8-13(16)14(12)19-11-3-1-10(18)2-4-11/h1-4,7-8,17-18H,5-6H2. The second kappa shape index (κ2) is 6.76. The molecular formula is C14H12I2O3. The molecule has 0 saturated carbocycles. The van der Waals surface area contributed by atoms with Crippen molar-refractivity contribution in [1.82, 2.24) is 0 Å². The summed E-state index contributed by atoms with van der Waals surface area (Å²) in [6.07, 6.45) is 0.644. The molecular weight excluding hydrogens is 470 g/mol. The first-order chi connectivity index (χ1) is 9.10. The number of halogens is 2. The molecule has 0 bridgehead atoms. The topological polar surface area (TPSA) is 49.7 Å². The number of aliphatic hydroxyl groups excluding tert-OH is 1. The van der Waals surface area contributed by atoms with Gasteiger partial charge >= 0.3 is 0 Å². The van der Waals surface area contributed by atoms with Crippen molar-refractivity contribution in [3.05, 3.63) is 49.1 Å². The van der Waals surface area contributed by atoms with E-state index in [1.54, 1.807) is 24.3 Å². The number of phenols is 1. The molecule has 3 nitrogen and oxygen atoms in total. The van der Waals surface area contributed by atoms with Crippen molar-refractivity contribution in [2.24, 2.45) is 0 Å². The Kier molecular flexibility index (Phi) is 5.28. The van der Waals surface area contributed by atoms with Crippen LogP contribution in [0.15, 0.2) is 36.4 Å². The lowest BCUT2D eigenvalue weighted by molar-refractivity contribution is 0.299. The Bertz CT molecular complexity index is 544. The summed E-state index contributed by atoms with van der Waals surface area (Å²) in [4.78, 5) is 0. The van der Waals surface area contributed by atoms with Crippen molar-refractivity contribution in [2.75, 3.05) is 6.61 Å². The fourth-order valence-corrected chi connectivity index (χ4v) is 3.73. The highest BCUT2D eigenvalue weighted by atomic mass is 127. The van der Waals surface area contributed by atoms with Crippen LogP contribution in [0.4, 0.5) is 0 Å². The normalized spacial score (nSPS) is 10.5. The Morgan fingerprint density at radius 1 is 1.00 bits per heavy atom. The van der Waals surface area contributed by atoms with Crippen LogP contribution in [0.2, 0.25) is 0 Å². The van der Waals surface area contributed by atoms with Gasteiger partial charge in [-0.3, -0.25) is 0 Å². The van der Waals surface area contributed by atoms with Crippen LogP contribution in [0.1, 0.15) is 5.56 Å². The Morgan fingerprint density at radius 3 is 2.11 bits per heavy atom. The molecule has 2 rings (SSSR count). The van der Waals surface area contributed by atoms with Crippen molar-refractivity contribution < 1.29 is 14.9 Å². The molecule has 0 unspecified atom stereocenters. The monoisotopic (exact) mass is 482 g/mol. The van der Waals surface area contributed by atoms with Gasteiger partial charge in [0.25, 0.3) is 0 Å². The molecule has 19 heavy (non-hydrogen) atoms. The average Bonchev–Trinajstić information content (AvgIpc) is 2.36. The largest absolute Gasteiger partial charge is 0.508 e. The summed E-state index contributed by atoms with van der Waals surface area (Å²) in [5, 5.41) is 18.2. The number of aromatic hydroxyl groups is 1. The highest BCUT2D eigenvalue weighted by molar-refractivity contribution is 14.1. The molecule has 0 aromatic heterocycles. The summed E-state index contributed by atoms with van der Waals surface area (Å²) in [6, 6.07) is 10.7. The van der Waals surface area contributed by atoms with Crippen molar-refractivity contribution in [1.29, 1.82) is 0 Å². The minimum Gasteiger partial charge on any atom is -0.508 e. The summed E-state index contributed by atoms with van der Waals surface area (Å²) < 4.78 is 7.84. The van der Waals surface area contributed by atoms with Crippen LogP contribution in [0, 0.1) is 7.14 Å². The van der Waals surface area contributed by atoms with Gasteiger partial charge in [0.2, 0.25) is 0 Å². The number of rotatable bonds is 4. The summed E-state index contributed by atoms with van der Waals surface area (Å²) in [5.41, 5.74) is 1.09. The minimum absolute atomic E-state index is 0.143. The van der Waals surface area contributed by atoms with Crippen LogP contribution >= 0.6 is 45.2 Å². The summed E-state index contributed by atoms with van der Waals surface area (Å²) >= 11 is 4.45. The lowest BCUT2D eigenvalue weighted by Crippen LogP contribution is -1.96. The third-order valence-electron chi connectivity index (χ3n) is 2.52. The van der Waals surface area contributed by atoms with Crippen LogP contribution in [0.25, 0.3) is 0 Å². The molecule has 0 aliphatic heterocycles. The van der Waals surface area contributed by atoms with Crippen LogP contribution in [-0.2, 0) is 6.42 Å². The summed E-state index contributed by atoms with van der Waals surface area (Å²) in [6.45, 7) is 0.143. The molecule has 0 fully saturated rings. The molecule has 0 aliphatic rings. The molecule has 0 spiro atoms. The number of aliphatic hydroxyl groups is 1. The van der Waals surface area contributed by atoms with E-state index in [-0.39, 0.29) is 12.4 Å². The van der Waals surface area contributed by atoms with Gasteiger partial charge in [0.15, 0.2) is 5.75 Å². The van der Waals surface area contributed by atoms with Gasteiger partial charge in [0.1, 0.15) is 11.5 Å². The summed E-state index contributed by atoms with van der Waals surface area (Å²) in [5.74, 6) is 1.70. The zero-order valence-corrected chi connectivity index (χ0v) is 14.3. The van der Waals surface area contributed by atoms with Gasteiger partial charge in [-0.25, -0.2) is 0 Å². The fraction of sp³-hybridized carbons (Fsp3) is 0.143. The van der Waals surface area contributed by atoms with Crippen LogP contribution in [-0.4, -0.2) is 16.8 Å². The van der Waals surface area contributed by atoms with E-state index in [0.29, 0.717) is 12.2 Å². The molecule has 5 heteroatoms. The number of benzene rings is 2. The highest BCUT2D eigenvalue weighted by Gasteiger charge is 2.10. The smallest absolute Gasteiger partial charge is 0.154 e. The quantitative estimate of drug-likeness (QED) is 0.650. The fourth-order valence-electron chi connectivity index (χ4n) is 1.62. The van der Waals surface area contributed by atoms with E-state index >= 15 is 0 Å².